The van der Waals surface area contributed by atoms with Gasteiger partial charge >= 0.3 is 0 Å². The zero-order chi connectivity index (χ0) is 16.3. The van der Waals surface area contributed by atoms with Crippen LogP contribution in [0.4, 0.5) is 0 Å². The average molecular weight is 337 g/mol. The molecule has 7 heteroatoms. The van der Waals surface area contributed by atoms with E-state index in [4.69, 9.17) is 9.47 Å². The Balaban J connectivity index is 1.92. The molecule has 0 aromatic heterocycles. The summed E-state index contributed by atoms with van der Waals surface area (Å²) in [7, 11) is -4.65. The Morgan fingerprint density at radius 2 is 1.64 bits per heavy atom. The van der Waals surface area contributed by atoms with Crippen LogP contribution in [0.25, 0.3) is 0 Å². The second kappa shape index (κ2) is 11.3. The average Bonchev–Trinajstić information content (AvgIpc) is 2.91. The summed E-state index contributed by atoms with van der Waals surface area (Å²) in [5, 5.41) is 0. The fourth-order valence-electron chi connectivity index (χ4n) is 2.53. The van der Waals surface area contributed by atoms with Crippen molar-refractivity contribution in [2.24, 2.45) is 0 Å². The molecule has 0 saturated carbocycles. The molecular formula is C15H29O6S-. The maximum atomic E-state index is 10.4. The van der Waals surface area contributed by atoms with E-state index in [-0.39, 0.29) is 19.5 Å². The van der Waals surface area contributed by atoms with Gasteiger partial charge in [0.1, 0.15) is 6.10 Å². The largest absolute Gasteiger partial charge is 0.726 e. The van der Waals surface area contributed by atoms with E-state index in [2.05, 4.69) is 11.1 Å². The predicted molar refractivity (Wildman–Crippen MR) is 82.1 cm³/mol. The maximum Gasteiger partial charge on any atom is 0.217 e. The minimum atomic E-state index is -4.65. The first-order valence-electron chi connectivity index (χ1n) is 8.38. The molecule has 0 aromatic rings. The minimum absolute atomic E-state index is 0.264. The molecule has 1 heterocycles. The summed E-state index contributed by atoms with van der Waals surface area (Å²) in [6.07, 6.45) is 11.4. The molecule has 1 aliphatic heterocycles. The molecule has 1 fully saturated rings. The fourth-order valence-corrected chi connectivity index (χ4v) is 2.85. The summed E-state index contributed by atoms with van der Waals surface area (Å²) in [5.74, 6) is 0. The Hall–Kier alpha value is -0.210. The summed E-state index contributed by atoms with van der Waals surface area (Å²) >= 11 is 0. The molecule has 0 N–H and O–H groups in total. The summed E-state index contributed by atoms with van der Waals surface area (Å²) in [4.78, 5) is 0. The lowest BCUT2D eigenvalue weighted by molar-refractivity contribution is -0.0688. The standard InChI is InChI=1S/C15H30O6S/c1-2-3-4-5-6-7-8-9-10-11-15-19-12-14(21-15)13-20-22(16,17)18/h14-15H,2-13H2,1H3,(H,16,17,18)/p-1. The van der Waals surface area contributed by atoms with E-state index in [1.165, 1.54) is 44.9 Å². The van der Waals surface area contributed by atoms with Gasteiger partial charge in [-0.1, -0.05) is 58.3 Å². The van der Waals surface area contributed by atoms with Crippen LogP contribution in [0.5, 0.6) is 0 Å². The van der Waals surface area contributed by atoms with Gasteiger partial charge in [-0.15, -0.1) is 0 Å². The first kappa shape index (κ1) is 19.8. The summed E-state index contributed by atoms with van der Waals surface area (Å²) < 4.78 is 46.1. The number of unbranched alkanes of at least 4 members (excludes halogenated alkanes) is 8. The van der Waals surface area contributed by atoms with E-state index in [0.29, 0.717) is 0 Å². The second-order valence-corrected chi connectivity index (χ2v) is 6.88. The van der Waals surface area contributed by atoms with Gasteiger partial charge in [-0.3, -0.25) is 4.18 Å². The highest BCUT2D eigenvalue weighted by Gasteiger charge is 2.26. The highest BCUT2D eigenvalue weighted by atomic mass is 32.3. The molecule has 1 saturated heterocycles. The molecule has 0 bridgehead atoms. The SMILES string of the molecule is CCCCCCCCCCCC1OCC(COS(=O)(=O)[O-])O1. The highest BCUT2D eigenvalue weighted by molar-refractivity contribution is 7.80. The number of hydrogen-bond acceptors (Lipinski definition) is 6. The molecule has 22 heavy (non-hydrogen) atoms. The van der Waals surface area contributed by atoms with E-state index in [0.717, 1.165) is 19.3 Å². The number of hydrogen-bond donors (Lipinski definition) is 0. The van der Waals surface area contributed by atoms with Crippen molar-refractivity contribution in [1.29, 1.82) is 0 Å². The van der Waals surface area contributed by atoms with E-state index < -0.39 is 16.5 Å². The summed E-state index contributed by atoms with van der Waals surface area (Å²) in [6.45, 7) is 2.24. The molecule has 2 unspecified atom stereocenters. The molecule has 0 aromatic carbocycles. The quantitative estimate of drug-likeness (QED) is 0.292. The topological polar surface area (TPSA) is 84.9 Å². The van der Waals surface area contributed by atoms with Crippen LogP contribution in [-0.2, 0) is 24.1 Å². The van der Waals surface area contributed by atoms with Gasteiger partial charge in [0.2, 0.25) is 10.4 Å². The van der Waals surface area contributed by atoms with Crippen molar-refractivity contribution in [2.45, 2.75) is 83.5 Å². The minimum Gasteiger partial charge on any atom is -0.726 e. The third-order valence-corrected chi connectivity index (χ3v) is 4.18. The monoisotopic (exact) mass is 337 g/mol. The molecular weight excluding hydrogens is 308 g/mol. The van der Waals surface area contributed by atoms with E-state index in [9.17, 15) is 13.0 Å². The van der Waals surface area contributed by atoms with Crippen molar-refractivity contribution in [2.75, 3.05) is 13.2 Å². The second-order valence-electron chi connectivity index (χ2n) is 5.83. The Labute approximate surface area is 134 Å². The van der Waals surface area contributed by atoms with Gasteiger partial charge in [0.05, 0.1) is 13.2 Å². The van der Waals surface area contributed by atoms with Crippen LogP contribution in [0, 0.1) is 0 Å². The molecule has 1 aliphatic rings. The first-order chi connectivity index (χ1) is 10.5. The van der Waals surface area contributed by atoms with Gasteiger partial charge in [0.25, 0.3) is 0 Å². The van der Waals surface area contributed by atoms with Gasteiger partial charge in [0, 0.05) is 0 Å². The van der Waals surface area contributed by atoms with Crippen LogP contribution in [0.3, 0.4) is 0 Å². The van der Waals surface area contributed by atoms with Crippen molar-refractivity contribution < 1.29 is 26.6 Å². The predicted octanol–water partition coefficient (Wildman–Crippen LogP) is 3.13. The molecule has 1 rings (SSSR count). The van der Waals surface area contributed by atoms with Gasteiger partial charge in [-0.2, -0.15) is 0 Å². The van der Waals surface area contributed by atoms with Crippen molar-refractivity contribution in [3.8, 4) is 0 Å². The molecule has 0 spiro atoms. The van der Waals surface area contributed by atoms with Gasteiger partial charge < -0.3 is 14.0 Å². The van der Waals surface area contributed by atoms with E-state index in [1.807, 2.05) is 0 Å². The zero-order valence-electron chi connectivity index (χ0n) is 13.5. The lowest BCUT2D eigenvalue weighted by atomic mass is 10.1. The summed E-state index contributed by atoms with van der Waals surface area (Å²) in [6, 6.07) is 0. The van der Waals surface area contributed by atoms with Gasteiger partial charge in [-0.05, 0) is 12.8 Å². The summed E-state index contributed by atoms with van der Waals surface area (Å²) in [5.41, 5.74) is 0. The van der Waals surface area contributed by atoms with Crippen molar-refractivity contribution >= 4 is 10.4 Å². The fraction of sp³-hybridized carbons (Fsp3) is 1.00. The Bertz CT molecular complexity index is 370. The van der Waals surface area contributed by atoms with Crippen LogP contribution in [0.1, 0.15) is 71.1 Å². The smallest absolute Gasteiger partial charge is 0.217 e. The molecule has 2 atom stereocenters. The van der Waals surface area contributed by atoms with E-state index >= 15 is 0 Å². The normalized spacial score (nSPS) is 22.3. The lowest BCUT2D eigenvalue weighted by Gasteiger charge is -2.12. The van der Waals surface area contributed by atoms with Crippen LogP contribution >= 0.6 is 0 Å². The third kappa shape index (κ3) is 10.5. The van der Waals surface area contributed by atoms with Crippen molar-refractivity contribution in [3.05, 3.63) is 0 Å². The molecule has 0 aliphatic carbocycles. The Morgan fingerprint density at radius 1 is 1.05 bits per heavy atom. The molecule has 132 valence electrons. The number of ether oxygens (including phenoxy) is 2. The zero-order valence-corrected chi connectivity index (χ0v) is 14.3. The Morgan fingerprint density at radius 3 is 2.23 bits per heavy atom. The van der Waals surface area contributed by atoms with Crippen LogP contribution in [-0.4, -0.2) is 38.6 Å². The van der Waals surface area contributed by atoms with Gasteiger partial charge in [0.15, 0.2) is 6.29 Å². The molecule has 6 nitrogen and oxygen atoms in total. The molecule has 0 radical (unpaired) electrons. The van der Waals surface area contributed by atoms with Gasteiger partial charge in [-0.25, -0.2) is 8.42 Å². The molecule has 0 amide bonds. The van der Waals surface area contributed by atoms with Crippen molar-refractivity contribution in [3.63, 3.8) is 0 Å². The van der Waals surface area contributed by atoms with E-state index in [1.54, 1.807) is 0 Å². The van der Waals surface area contributed by atoms with Crippen LogP contribution in [0.2, 0.25) is 0 Å². The van der Waals surface area contributed by atoms with Crippen LogP contribution < -0.4 is 0 Å². The van der Waals surface area contributed by atoms with Crippen LogP contribution in [0.15, 0.2) is 0 Å². The first-order valence-corrected chi connectivity index (χ1v) is 9.72. The third-order valence-electron chi connectivity index (χ3n) is 3.75. The lowest BCUT2D eigenvalue weighted by Crippen LogP contribution is -2.21. The number of rotatable bonds is 13. The van der Waals surface area contributed by atoms with Crippen molar-refractivity contribution in [1.82, 2.24) is 0 Å². The Kier molecular flexibility index (Phi) is 10.2. The highest BCUT2D eigenvalue weighted by Crippen LogP contribution is 2.19. The maximum absolute atomic E-state index is 10.4.